The van der Waals surface area contributed by atoms with Crippen LogP contribution in [-0.2, 0) is 9.59 Å². The molecule has 1 heterocycles. The number of rotatable bonds is 1. The van der Waals surface area contributed by atoms with Crippen LogP contribution in [0.1, 0.15) is 25.3 Å². The predicted molar refractivity (Wildman–Crippen MR) is 57.8 cm³/mol. The molecule has 78 valence electrons. The van der Waals surface area contributed by atoms with Gasteiger partial charge in [-0.1, -0.05) is 0 Å². The minimum Gasteiger partial charge on any atom is -0.326 e. The Morgan fingerprint density at radius 1 is 1.47 bits per heavy atom. The van der Waals surface area contributed by atoms with Crippen LogP contribution in [0.5, 0.6) is 0 Å². The van der Waals surface area contributed by atoms with Gasteiger partial charge >= 0.3 is 0 Å². The fraction of sp³-hybridized carbons (Fsp3) is 0.273. The molecule has 0 saturated heterocycles. The number of carbonyl (C=O) groups is 2. The van der Waals surface area contributed by atoms with Crippen LogP contribution < -0.4 is 10.6 Å². The molecule has 1 aromatic rings. The fourth-order valence-corrected chi connectivity index (χ4v) is 1.70. The highest BCUT2D eigenvalue weighted by Gasteiger charge is 2.26. The molecule has 1 aliphatic heterocycles. The molecular weight excluding hydrogens is 192 g/mol. The first kappa shape index (κ1) is 9.71. The summed E-state index contributed by atoms with van der Waals surface area (Å²) in [6, 6.07) is 5.42. The largest absolute Gasteiger partial charge is 0.326 e. The molecule has 0 aromatic heterocycles. The minimum atomic E-state index is -0.145. The predicted octanol–water partition coefficient (Wildman–Crippen LogP) is 1.70. The van der Waals surface area contributed by atoms with E-state index < -0.39 is 0 Å². The standard InChI is InChI=1S/C11H12N2O2/c1-6-9-5-8(12-7(2)14)3-4-10(9)13-11(6)15/h3-6H,1-2H3,(H,12,14)(H,13,15). The maximum Gasteiger partial charge on any atom is 0.231 e. The Kier molecular flexibility index (Phi) is 2.19. The fourth-order valence-electron chi connectivity index (χ4n) is 1.70. The second-order valence-electron chi connectivity index (χ2n) is 3.69. The SMILES string of the molecule is CC(=O)Nc1ccc2c(c1)C(C)C(=O)N2. The second kappa shape index (κ2) is 3.38. The molecule has 0 saturated carbocycles. The highest BCUT2D eigenvalue weighted by molar-refractivity contribution is 6.03. The zero-order valence-corrected chi connectivity index (χ0v) is 8.63. The summed E-state index contributed by atoms with van der Waals surface area (Å²) < 4.78 is 0. The Bertz CT molecular complexity index is 440. The summed E-state index contributed by atoms with van der Waals surface area (Å²) in [5.41, 5.74) is 2.50. The van der Waals surface area contributed by atoms with Gasteiger partial charge in [-0.3, -0.25) is 9.59 Å². The minimum absolute atomic E-state index is 0.00461. The summed E-state index contributed by atoms with van der Waals surface area (Å²) in [5.74, 6) is -0.251. The van der Waals surface area contributed by atoms with E-state index in [2.05, 4.69) is 10.6 Å². The summed E-state index contributed by atoms with van der Waals surface area (Å²) in [6.45, 7) is 3.30. The molecule has 4 nitrogen and oxygen atoms in total. The van der Waals surface area contributed by atoms with E-state index in [1.54, 1.807) is 6.07 Å². The van der Waals surface area contributed by atoms with Crippen LogP contribution in [0.25, 0.3) is 0 Å². The van der Waals surface area contributed by atoms with Gasteiger partial charge in [-0.15, -0.1) is 0 Å². The van der Waals surface area contributed by atoms with Gasteiger partial charge in [-0.2, -0.15) is 0 Å². The van der Waals surface area contributed by atoms with E-state index in [-0.39, 0.29) is 17.7 Å². The van der Waals surface area contributed by atoms with Gasteiger partial charge in [0.2, 0.25) is 11.8 Å². The van der Waals surface area contributed by atoms with Gasteiger partial charge in [0.25, 0.3) is 0 Å². The van der Waals surface area contributed by atoms with Crippen LogP contribution >= 0.6 is 0 Å². The van der Waals surface area contributed by atoms with Crippen molar-refractivity contribution in [1.29, 1.82) is 0 Å². The number of anilines is 2. The van der Waals surface area contributed by atoms with Crippen molar-refractivity contribution in [2.24, 2.45) is 0 Å². The van der Waals surface area contributed by atoms with Gasteiger partial charge in [0, 0.05) is 18.3 Å². The molecule has 0 radical (unpaired) electrons. The Morgan fingerprint density at radius 3 is 2.87 bits per heavy atom. The number of benzene rings is 1. The van der Waals surface area contributed by atoms with E-state index in [0.29, 0.717) is 0 Å². The zero-order chi connectivity index (χ0) is 11.0. The first-order chi connectivity index (χ1) is 7.08. The van der Waals surface area contributed by atoms with Gasteiger partial charge < -0.3 is 10.6 Å². The molecule has 1 aromatic carbocycles. The number of hydrogen-bond acceptors (Lipinski definition) is 2. The third-order valence-corrected chi connectivity index (χ3v) is 2.49. The lowest BCUT2D eigenvalue weighted by atomic mass is 10.0. The van der Waals surface area contributed by atoms with Crippen LogP contribution in [0, 0.1) is 0 Å². The van der Waals surface area contributed by atoms with Gasteiger partial charge in [0.05, 0.1) is 5.92 Å². The maximum atomic E-state index is 11.4. The van der Waals surface area contributed by atoms with Crippen molar-refractivity contribution in [3.8, 4) is 0 Å². The van der Waals surface area contributed by atoms with E-state index in [1.165, 1.54) is 6.92 Å². The third-order valence-electron chi connectivity index (χ3n) is 2.49. The van der Waals surface area contributed by atoms with Gasteiger partial charge in [0.1, 0.15) is 0 Å². The van der Waals surface area contributed by atoms with Crippen LogP contribution in [0.3, 0.4) is 0 Å². The van der Waals surface area contributed by atoms with Crippen molar-refractivity contribution in [2.45, 2.75) is 19.8 Å². The monoisotopic (exact) mass is 204 g/mol. The molecule has 1 aliphatic rings. The summed E-state index contributed by atoms with van der Waals surface area (Å²) in [4.78, 5) is 22.2. The second-order valence-corrected chi connectivity index (χ2v) is 3.69. The summed E-state index contributed by atoms with van der Waals surface area (Å²) >= 11 is 0. The summed E-state index contributed by atoms with van der Waals surface area (Å²) in [7, 11) is 0. The lowest BCUT2D eigenvalue weighted by molar-refractivity contribution is -0.116. The van der Waals surface area contributed by atoms with Crippen LogP contribution in [-0.4, -0.2) is 11.8 Å². The topological polar surface area (TPSA) is 58.2 Å². The Morgan fingerprint density at radius 2 is 2.20 bits per heavy atom. The van der Waals surface area contributed by atoms with Crippen molar-refractivity contribution in [3.63, 3.8) is 0 Å². The number of fused-ring (bicyclic) bond motifs is 1. The Balaban J connectivity index is 2.35. The molecule has 0 spiro atoms. The average molecular weight is 204 g/mol. The van der Waals surface area contributed by atoms with Gasteiger partial charge in [-0.05, 0) is 30.7 Å². The van der Waals surface area contributed by atoms with E-state index in [0.717, 1.165) is 16.9 Å². The molecule has 2 N–H and O–H groups in total. The Labute approximate surface area is 87.7 Å². The third kappa shape index (κ3) is 1.70. The van der Waals surface area contributed by atoms with Crippen LogP contribution in [0.4, 0.5) is 11.4 Å². The molecule has 0 bridgehead atoms. The van der Waals surface area contributed by atoms with E-state index >= 15 is 0 Å². The van der Waals surface area contributed by atoms with Gasteiger partial charge in [0.15, 0.2) is 0 Å². The van der Waals surface area contributed by atoms with Crippen molar-refractivity contribution in [2.75, 3.05) is 10.6 Å². The molecule has 1 unspecified atom stereocenters. The van der Waals surface area contributed by atoms with Crippen LogP contribution in [0.2, 0.25) is 0 Å². The first-order valence-electron chi connectivity index (χ1n) is 4.80. The average Bonchev–Trinajstić information content (AvgIpc) is 2.43. The first-order valence-corrected chi connectivity index (χ1v) is 4.80. The van der Waals surface area contributed by atoms with Crippen molar-refractivity contribution in [1.82, 2.24) is 0 Å². The molecule has 0 fully saturated rings. The van der Waals surface area contributed by atoms with E-state index in [9.17, 15) is 9.59 Å². The maximum absolute atomic E-state index is 11.4. The Hall–Kier alpha value is -1.84. The zero-order valence-electron chi connectivity index (χ0n) is 8.63. The lowest BCUT2D eigenvalue weighted by Crippen LogP contribution is -2.08. The van der Waals surface area contributed by atoms with Gasteiger partial charge in [-0.25, -0.2) is 0 Å². The lowest BCUT2D eigenvalue weighted by Gasteiger charge is -2.05. The number of hydrogen-bond donors (Lipinski definition) is 2. The van der Waals surface area contributed by atoms with Crippen molar-refractivity contribution >= 4 is 23.2 Å². The molecular formula is C11H12N2O2. The number of nitrogens with one attached hydrogen (secondary N) is 2. The highest BCUT2D eigenvalue weighted by atomic mass is 16.2. The molecule has 4 heteroatoms. The molecule has 2 amide bonds. The molecule has 1 atom stereocenters. The van der Waals surface area contributed by atoms with Crippen LogP contribution in [0.15, 0.2) is 18.2 Å². The quantitative estimate of drug-likeness (QED) is 0.731. The van der Waals surface area contributed by atoms with E-state index in [4.69, 9.17) is 0 Å². The molecule has 2 rings (SSSR count). The summed E-state index contributed by atoms with van der Waals surface area (Å²) in [5, 5.41) is 5.47. The summed E-state index contributed by atoms with van der Waals surface area (Å²) in [6.07, 6.45) is 0. The molecule has 15 heavy (non-hydrogen) atoms. The van der Waals surface area contributed by atoms with E-state index in [1.807, 2.05) is 19.1 Å². The normalized spacial score (nSPS) is 18.3. The molecule has 0 aliphatic carbocycles. The van der Waals surface area contributed by atoms with Crippen molar-refractivity contribution < 1.29 is 9.59 Å². The van der Waals surface area contributed by atoms with Crippen molar-refractivity contribution in [3.05, 3.63) is 23.8 Å². The number of carbonyl (C=O) groups excluding carboxylic acids is 2. The highest BCUT2D eigenvalue weighted by Crippen LogP contribution is 2.33. The number of amides is 2. The smallest absolute Gasteiger partial charge is 0.231 e.